The number of hydrogen-bond donors (Lipinski definition) is 6. The number of unbranched alkanes of at least 4 members (excludes halogenated alkanes) is 31. The van der Waals surface area contributed by atoms with Gasteiger partial charge in [0.05, 0.1) is 13.2 Å². The number of carbonyl (C=O) groups is 1. The largest absolute Gasteiger partial charge is 0.472 e. The number of ether oxygens (including phenoxy) is 2. The lowest BCUT2D eigenvalue weighted by Gasteiger charge is -2.41. The molecule has 0 aromatic rings. The van der Waals surface area contributed by atoms with Crippen LogP contribution >= 0.6 is 7.82 Å². The molecule has 1 rings (SSSR count). The van der Waals surface area contributed by atoms with Gasteiger partial charge in [0.2, 0.25) is 0 Å². The molecule has 12 nitrogen and oxygen atoms in total. The number of aliphatic hydroxyl groups excluding tert-OH is 5. The number of phosphoric ester groups is 1. The van der Waals surface area contributed by atoms with Gasteiger partial charge in [-0.2, -0.15) is 0 Å². The molecule has 1 aliphatic rings. The molecule has 0 radical (unpaired) electrons. The molecule has 358 valence electrons. The summed E-state index contributed by atoms with van der Waals surface area (Å²) < 4.78 is 34.3. The van der Waals surface area contributed by atoms with E-state index in [2.05, 4.69) is 13.8 Å². The van der Waals surface area contributed by atoms with Crippen LogP contribution in [-0.2, 0) is 27.9 Å². The Bertz CT molecular complexity index is 1000. The molecular formula is C47H93O12P. The Hall–Kier alpha value is -0.660. The maximum absolute atomic E-state index is 12.8. The van der Waals surface area contributed by atoms with E-state index in [0.29, 0.717) is 13.0 Å². The summed E-state index contributed by atoms with van der Waals surface area (Å²) in [6.45, 7) is 4.31. The number of esters is 1. The SMILES string of the molecule is CCCCCCCCCCCCCCCCCCCOCC(COP(=O)(O)OC1C(O)C(O)C(O)C(O)C1O)OC(=O)CCCCCCCCCCCCCCCCCC. The van der Waals surface area contributed by atoms with E-state index in [1.54, 1.807) is 0 Å². The molecule has 0 saturated heterocycles. The van der Waals surface area contributed by atoms with E-state index in [-0.39, 0.29) is 13.0 Å². The molecule has 0 heterocycles. The molecule has 0 aromatic heterocycles. The summed E-state index contributed by atoms with van der Waals surface area (Å²) in [6.07, 6.45) is 28.8. The number of carbonyl (C=O) groups excluding carboxylic acids is 1. The Kier molecular flexibility index (Phi) is 37.1. The number of rotatable bonds is 43. The third kappa shape index (κ3) is 30.4. The van der Waals surface area contributed by atoms with Crippen LogP contribution in [0.3, 0.4) is 0 Å². The van der Waals surface area contributed by atoms with Crippen LogP contribution in [0, 0.1) is 0 Å². The van der Waals surface area contributed by atoms with Crippen molar-refractivity contribution in [2.24, 2.45) is 0 Å². The van der Waals surface area contributed by atoms with Gasteiger partial charge in [-0.15, -0.1) is 0 Å². The van der Waals surface area contributed by atoms with E-state index in [9.17, 15) is 39.8 Å². The molecule has 0 aliphatic heterocycles. The van der Waals surface area contributed by atoms with E-state index >= 15 is 0 Å². The molecule has 1 aliphatic carbocycles. The van der Waals surface area contributed by atoms with Gasteiger partial charge in [-0.25, -0.2) is 4.57 Å². The second-order valence-corrected chi connectivity index (χ2v) is 19.1. The Balaban J connectivity index is 2.34. The first kappa shape index (κ1) is 57.4. The van der Waals surface area contributed by atoms with Gasteiger partial charge in [-0.1, -0.05) is 213 Å². The van der Waals surface area contributed by atoms with Gasteiger partial charge in [0, 0.05) is 13.0 Å². The molecule has 13 heteroatoms. The molecule has 1 saturated carbocycles. The summed E-state index contributed by atoms with van der Waals surface area (Å²) in [5.41, 5.74) is 0. The number of aliphatic hydroxyl groups is 5. The van der Waals surface area contributed by atoms with Crippen molar-refractivity contribution in [3.8, 4) is 0 Å². The molecule has 0 amide bonds. The van der Waals surface area contributed by atoms with Crippen LogP contribution in [0.15, 0.2) is 0 Å². The van der Waals surface area contributed by atoms with Crippen molar-refractivity contribution >= 4 is 13.8 Å². The minimum Gasteiger partial charge on any atom is -0.457 e. The lowest BCUT2D eigenvalue weighted by atomic mass is 9.85. The lowest BCUT2D eigenvalue weighted by molar-refractivity contribution is -0.220. The van der Waals surface area contributed by atoms with Gasteiger partial charge in [0.15, 0.2) is 0 Å². The Morgan fingerprint density at radius 2 is 0.783 bits per heavy atom. The fourth-order valence-electron chi connectivity index (χ4n) is 8.01. The highest BCUT2D eigenvalue weighted by Crippen LogP contribution is 2.47. The fourth-order valence-corrected chi connectivity index (χ4v) is 8.98. The third-order valence-corrected chi connectivity index (χ3v) is 13.0. The van der Waals surface area contributed by atoms with Crippen molar-refractivity contribution in [1.82, 2.24) is 0 Å². The van der Waals surface area contributed by atoms with Gasteiger partial charge >= 0.3 is 13.8 Å². The average molecular weight is 881 g/mol. The second-order valence-electron chi connectivity index (χ2n) is 17.7. The monoisotopic (exact) mass is 881 g/mol. The predicted molar refractivity (Wildman–Crippen MR) is 240 cm³/mol. The summed E-state index contributed by atoms with van der Waals surface area (Å²) in [6, 6.07) is 0. The van der Waals surface area contributed by atoms with Crippen molar-refractivity contribution < 1.29 is 58.3 Å². The molecule has 60 heavy (non-hydrogen) atoms. The van der Waals surface area contributed by atoms with E-state index in [0.717, 1.165) is 38.5 Å². The van der Waals surface area contributed by atoms with Crippen LogP contribution in [0.1, 0.15) is 232 Å². The summed E-state index contributed by atoms with van der Waals surface area (Å²) in [5.74, 6) is -0.470. The Labute approximate surface area is 365 Å². The summed E-state index contributed by atoms with van der Waals surface area (Å²) in [4.78, 5) is 23.2. The van der Waals surface area contributed by atoms with Crippen molar-refractivity contribution in [2.45, 2.75) is 275 Å². The zero-order valence-corrected chi connectivity index (χ0v) is 39.2. The van der Waals surface area contributed by atoms with E-state index < -0.39 is 63.1 Å². The van der Waals surface area contributed by atoms with Crippen molar-refractivity contribution in [2.75, 3.05) is 19.8 Å². The van der Waals surface area contributed by atoms with E-state index in [1.165, 1.54) is 167 Å². The first-order valence-corrected chi connectivity index (χ1v) is 26.4. The van der Waals surface area contributed by atoms with Crippen LogP contribution in [0.25, 0.3) is 0 Å². The van der Waals surface area contributed by atoms with Gasteiger partial charge in [0.1, 0.15) is 42.7 Å². The lowest BCUT2D eigenvalue weighted by Crippen LogP contribution is -2.64. The summed E-state index contributed by atoms with van der Waals surface area (Å²) in [7, 11) is -5.01. The van der Waals surface area contributed by atoms with E-state index in [4.69, 9.17) is 18.5 Å². The van der Waals surface area contributed by atoms with Crippen LogP contribution in [-0.4, -0.2) is 98.9 Å². The minimum absolute atomic E-state index is 0.0676. The van der Waals surface area contributed by atoms with Crippen molar-refractivity contribution in [3.05, 3.63) is 0 Å². The minimum atomic E-state index is -5.01. The molecule has 0 spiro atoms. The van der Waals surface area contributed by atoms with Crippen LogP contribution in [0.4, 0.5) is 0 Å². The Morgan fingerprint density at radius 3 is 1.15 bits per heavy atom. The zero-order chi connectivity index (χ0) is 44.1. The molecular weight excluding hydrogens is 787 g/mol. The first-order chi connectivity index (χ1) is 29.0. The predicted octanol–water partition coefficient (Wildman–Crippen LogP) is 10.5. The normalized spacial score (nSPS) is 22.2. The zero-order valence-electron chi connectivity index (χ0n) is 38.3. The molecule has 1 fully saturated rings. The molecule has 6 unspecified atom stereocenters. The standard InChI is InChI=1S/C47H93O12P/c1-3-5-7-9-11-13-15-17-19-21-23-25-27-29-31-33-35-37-56-38-40(39-57-60(54,55)59-47-45(52)43(50)42(49)44(51)46(47)53)58-41(48)36-34-32-30-28-26-24-22-20-18-16-14-12-10-8-6-4-2/h40,42-47,49-53H,3-39H2,1-2H3,(H,54,55). The summed E-state index contributed by atoms with van der Waals surface area (Å²) in [5, 5.41) is 50.2. The van der Waals surface area contributed by atoms with Crippen molar-refractivity contribution in [3.63, 3.8) is 0 Å². The molecule has 6 N–H and O–H groups in total. The fraction of sp³-hybridized carbons (Fsp3) is 0.979. The number of phosphoric acid groups is 1. The average Bonchev–Trinajstić information content (AvgIpc) is 3.23. The maximum Gasteiger partial charge on any atom is 0.472 e. The van der Waals surface area contributed by atoms with Gasteiger partial charge in [0.25, 0.3) is 0 Å². The first-order valence-electron chi connectivity index (χ1n) is 24.9. The molecule has 6 atom stereocenters. The van der Waals surface area contributed by atoms with Crippen LogP contribution < -0.4 is 0 Å². The highest BCUT2D eigenvalue weighted by Gasteiger charge is 2.51. The topological polar surface area (TPSA) is 192 Å². The van der Waals surface area contributed by atoms with Crippen molar-refractivity contribution in [1.29, 1.82) is 0 Å². The maximum atomic E-state index is 12.8. The second kappa shape index (κ2) is 38.8. The molecule has 0 bridgehead atoms. The third-order valence-electron chi connectivity index (χ3n) is 12.0. The highest BCUT2D eigenvalue weighted by atomic mass is 31.2. The number of hydrogen-bond acceptors (Lipinski definition) is 11. The van der Waals surface area contributed by atoms with Gasteiger partial charge < -0.3 is 39.9 Å². The van der Waals surface area contributed by atoms with Gasteiger partial charge in [-0.3, -0.25) is 13.8 Å². The summed E-state index contributed by atoms with van der Waals surface area (Å²) >= 11 is 0. The highest BCUT2D eigenvalue weighted by molar-refractivity contribution is 7.47. The van der Waals surface area contributed by atoms with E-state index in [1.807, 2.05) is 0 Å². The smallest absolute Gasteiger partial charge is 0.457 e. The van der Waals surface area contributed by atoms with Gasteiger partial charge in [-0.05, 0) is 12.8 Å². The van der Waals surface area contributed by atoms with Crippen LogP contribution in [0.2, 0.25) is 0 Å². The quantitative estimate of drug-likeness (QED) is 0.0193. The molecule has 0 aromatic carbocycles. The van der Waals surface area contributed by atoms with Crippen LogP contribution in [0.5, 0.6) is 0 Å². The Morgan fingerprint density at radius 1 is 0.467 bits per heavy atom.